The van der Waals surface area contributed by atoms with Crippen LogP contribution in [0, 0.1) is 5.41 Å². The lowest BCUT2D eigenvalue weighted by Gasteiger charge is -2.41. The number of ether oxygens (including phenoxy) is 1. The Morgan fingerprint density at radius 3 is 2.65 bits per heavy atom. The molecule has 4 rings (SSSR count). The first-order chi connectivity index (χ1) is 12.4. The highest BCUT2D eigenvalue weighted by Crippen LogP contribution is 2.51. The lowest BCUT2D eigenvalue weighted by molar-refractivity contribution is 0.0633. The fraction of sp³-hybridized carbons (Fsp3) is 0.571. The van der Waals surface area contributed by atoms with Crippen molar-refractivity contribution < 1.29 is 4.74 Å². The van der Waals surface area contributed by atoms with E-state index in [9.17, 15) is 4.79 Å². The van der Waals surface area contributed by atoms with Gasteiger partial charge in [-0.2, -0.15) is 0 Å². The molecule has 0 atom stereocenters. The van der Waals surface area contributed by atoms with Crippen molar-refractivity contribution in [1.82, 2.24) is 4.98 Å². The first kappa shape index (κ1) is 17.9. The molecule has 0 amide bonds. The van der Waals surface area contributed by atoms with E-state index >= 15 is 0 Å². The predicted octanol–water partition coefficient (Wildman–Crippen LogP) is 4.78. The molecule has 1 heterocycles. The SMILES string of the molecule is CCC1(CC2(N)CC2)CCC(Oc2cc3cc[nH]c(=O)c3cc2Cl)CC1. The molecule has 1 aromatic heterocycles. The van der Waals surface area contributed by atoms with Gasteiger partial charge in [-0.25, -0.2) is 0 Å². The maximum Gasteiger partial charge on any atom is 0.255 e. The third kappa shape index (κ3) is 3.49. The zero-order valence-electron chi connectivity index (χ0n) is 15.3. The Morgan fingerprint density at radius 2 is 2.00 bits per heavy atom. The molecule has 0 unspecified atom stereocenters. The summed E-state index contributed by atoms with van der Waals surface area (Å²) in [7, 11) is 0. The summed E-state index contributed by atoms with van der Waals surface area (Å²) in [4.78, 5) is 14.6. The van der Waals surface area contributed by atoms with E-state index in [4.69, 9.17) is 22.1 Å². The van der Waals surface area contributed by atoms with Gasteiger partial charge in [-0.15, -0.1) is 0 Å². The molecule has 2 fully saturated rings. The molecule has 26 heavy (non-hydrogen) atoms. The number of hydrogen-bond acceptors (Lipinski definition) is 3. The molecule has 0 spiro atoms. The van der Waals surface area contributed by atoms with Gasteiger partial charge in [0.2, 0.25) is 0 Å². The van der Waals surface area contributed by atoms with Crippen molar-refractivity contribution >= 4 is 22.4 Å². The van der Waals surface area contributed by atoms with Crippen LogP contribution in [-0.4, -0.2) is 16.6 Å². The van der Waals surface area contributed by atoms with Crippen molar-refractivity contribution in [2.45, 2.75) is 69.9 Å². The summed E-state index contributed by atoms with van der Waals surface area (Å²) in [5.41, 5.74) is 6.77. The van der Waals surface area contributed by atoms with Crippen molar-refractivity contribution in [1.29, 1.82) is 0 Å². The fourth-order valence-corrected chi connectivity index (χ4v) is 4.73. The Kier molecular flexibility index (Phi) is 4.52. The molecule has 1 aromatic carbocycles. The molecule has 2 saturated carbocycles. The number of aromatic amines is 1. The lowest BCUT2D eigenvalue weighted by atomic mass is 9.67. The van der Waals surface area contributed by atoms with Crippen LogP contribution in [0.1, 0.15) is 58.3 Å². The highest BCUT2D eigenvalue weighted by Gasteiger charge is 2.46. The van der Waals surface area contributed by atoms with Crippen molar-refractivity contribution in [2.75, 3.05) is 0 Å². The van der Waals surface area contributed by atoms with Crippen LogP contribution in [0.3, 0.4) is 0 Å². The maximum atomic E-state index is 11.9. The fourth-order valence-electron chi connectivity index (χ4n) is 4.52. The second kappa shape index (κ2) is 6.58. The number of halogens is 1. The van der Waals surface area contributed by atoms with E-state index in [1.165, 1.54) is 19.3 Å². The van der Waals surface area contributed by atoms with Gasteiger partial charge in [0, 0.05) is 17.1 Å². The molecule has 0 aliphatic heterocycles. The standard InChI is InChI=1S/C21H27ClN2O2/c1-2-20(13-21(23)8-9-21)6-3-15(4-7-20)26-18-11-14-5-10-24-19(25)16(14)12-17(18)22/h5,10-12,15H,2-4,6-9,13,23H2,1H3,(H,24,25). The maximum absolute atomic E-state index is 11.9. The summed E-state index contributed by atoms with van der Waals surface area (Å²) in [6, 6.07) is 5.46. The predicted molar refractivity (Wildman–Crippen MR) is 106 cm³/mol. The summed E-state index contributed by atoms with van der Waals surface area (Å²) < 4.78 is 6.24. The van der Waals surface area contributed by atoms with Crippen LogP contribution < -0.4 is 16.0 Å². The van der Waals surface area contributed by atoms with Crippen LogP contribution in [0.15, 0.2) is 29.2 Å². The molecular weight excluding hydrogens is 348 g/mol. The Bertz CT molecular complexity index is 864. The second-order valence-corrected chi connectivity index (χ2v) is 8.79. The number of benzene rings is 1. The topological polar surface area (TPSA) is 68.1 Å². The van der Waals surface area contributed by atoms with E-state index in [2.05, 4.69) is 11.9 Å². The number of fused-ring (bicyclic) bond motifs is 1. The average Bonchev–Trinajstić information content (AvgIpc) is 3.35. The summed E-state index contributed by atoms with van der Waals surface area (Å²) >= 11 is 6.38. The first-order valence-corrected chi connectivity index (χ1v) is 10.1. The van der Waals surface area contributed by atoms with Crippen molar-refractivity contribution in [2.24, 2.45) is 11.1 Å². The molecule has 2 aliphatic carbocycles. The number of pyridine rings is 1. The van der Waals surface area contributed by atoms with Gasteiger partial charge in [-0.1, -0.05) is 24.9 Å². The quantitative estimate of drug-likeness (QED) is 0.791. The second-order valence-electron chi connectivity index (χ2n) is 8.39. The van der Waals surface area contributed by atoms with Gasteiger partial charge in [-0.3, -0.25) is 4.79 Å². The minimum absolute atomic E-state index is 0.110. The van der Waals surface area contributed by atoms with Gasteiger partial charge in [0.25, 0.3) is 5.56 Å². The minimum atomic E-state index is -0.128. The van der Waals surface area contributed by atoms with E-state index in [1.54, 1.807) is 12.3 Å². The summed E-state index contributed by atoms with van der Waals surface area (Å²) in [5.74, 6) is 0.677. The Balaban J connectivity index is 1.46. The third-order valence-electron chi connectivity index (χ3n) is 6.48. The number of aromatic nitrogens is 1. The number of hydrogen-bond donors (Lipinski definition) is 2. The summed E-state index contributed by atoms with van der Waals surface area (Å²) in [6.07, 6.45) is 10.9. The number of nitrogens with two attached hydrogens (primary N) is 1. The summed E-state index contributed by atoms with van der Waals surface area (Å²) in [5, 5.41) is 1.95. The van der Waals surface area contributed by atoms with Crippen LogP contribution in [0.5, 0.6) is 5.75 Å². The smallest absolute Gasteiger partial charge is 0.255 e. The monoisotopic (exact) mass is 374 g/mol. The average molecular weight is 375 g/mol. The highest BCUT2D eigenvalue weighted by atomic mass is 35.5. The first-order valence-electron chi connectivity index (χ1n) is 9.69. The Morgan fingerprint density at radius 1 is 1.27 bits per heavy atom. The van der Waals surface area contributed by atoms with Crippen molar-refractivity contribution in [3.63, 3.8) is 0 Å². The number of rotatable bonds is 5. The largest absolute Gasteiger partial charge is 0.489 e. The molecule has 0 radical (unpaired) electrons. The molecular formula is C21H27ClN2O2. The molecule has 0 saturated heterocycles. The molecule has 5 heteroatoms. The van der Waals surface area contributed by atoms with Gasteiger partial charge in [0.05, 0.1) is 11.1 Å². The van der Waals surface area contributed by atoms with Gasteiger partial charge in [-0.05, 0) is 73.9 Å². The Labute approximate surface area is 159 Å². The van der Waals surface area contributed by atoms with Crippen LogP contribution >= 0.6 is 11.6 Å². The van der Waals surface area contributed by atoms with E-state index in [-0.39, 0.29) is 17.2 Å². The molecule has 3 N–H and O–H groups in total. The molecule has 140 valence electrons. The molecule has 0 bridgehead atoms. The normalized spacial score (nSPS) is 27.4. The van der Waals surface area contributed by atoms with Crippen LogP contribution in [0.25, 0.3) is 10.8 Å². The van der Waals surface area contributed by atoms with E-state index < -0.39 is 0 Å². The van der Waals surface area contributed by atoms with Crippen molar-refractivity contribution in [3.05, 3.63) is 39.8 Å². The van der Waals surface area contributed by atoms with Gasteiger partial charge < -0.3 is 15.5 Å². The zero-order valence-corrected chi connectivity index (χ0v) is 16.1. The zero-order chi connectivity index (χ0) is 18.4. The molecule has 4 nitrogen and oxygen atoms in total. The molecule has 2 aromatic rings. The van der Waals surface area contributed by atoms with Gasteiger partial charge in [0.1, 0.15) is 5.75 Å². The number of H-pyrrole nitrogens is 1. The van der Waals surface area contributed by atoms with Gasteiger partial charge in [0.15, 0.2) is 0 Å². The lowest BCUT2D eigenvalue weighted by Crippen LogP contribution is -2.38. The van der Waals surface area contributed by atoms with Crippen LogP contribution in [-0.2, 0) is 0 Å². The molecule has 2 aliphatic rings. The number of nitrogens with one attached hydrogen (secondary N) is 1. The van der Waals surface area contributed by atoms with E-state index in [0.29, 0.717) is 21.6 Å². The Hall–Kier alpha value is -1.52. The minimum Gasteiger partial charge on any atom is -0.489 e. The summed E-state index contributed by atoms with van der Waals surface area (Å²) in [6.45, 7) is 2.30. The van der Waals surface area contributed by atoms with E-state index in [1.807, 2.05) is 12.1 Å². The van der Waals surface area contributed by atoms with Gasteiger partial charge >= 0.3 is 0 Å². The highest BCUT2D eigenvalue weighted by molar-refractivity contribution is 6.32. The van der Waals surface area contributed by atoms with Crippen molar-refractivity contribution in [3.8, 4) is 5.75 Å². The third-order valence-corrected chi connectivity index (χ3v) is 6.78. The van der Waals surface area contributed by atoms with Crippen LogP contribution in [0.4, 0.5) is 0 Å². The van der Waals surface area contributed by atoms with Crippen LogP contribution in [0.2, 0.25) is 5.02 Å². The van der Waals surface area contributed by atoms with E-state index in [0.717, 1.165) is 37.5 Å².